The number of hydroxylamine groups is 1. The number of nitrogens with one attached hydrogen (secondary N) is 1. The lowest BCUT2D eigenvalue weighted by Gasteiger charge is -2.02. The molecule has 0 aliphatic carbocycles. The average molecular weight is 249 g/mol. The van der Waals surface area contributed by atoms with Crippen LogP contribution in [-0.2, 0) is 22.0 Å². The molecule has 0 radical (unpaired) electrons. The molecule has 0 aliphatic heterocycles. The van der Waals surface area contributed by atoms with Gasteiger partial charge in [0.1, 0.15) is 5.56 Å². The van der Waals surface area contributed by atoms with Crippen LogP contribution in [0.25, 0.3) is 0 Å². The van der Waals surface area contributed by atoms with Crippen molar-refractivity contribution in [1.29, 1.82) is 0 Å². The molecule has 0 fully saturated rings. The standard InChI is InChI=1S/C7H11N3O5S/c1-10-4-5(6(11)9-14-2)7(8-10)15-16(3,12)13/h4H,1-3H3,(H,9,11). The average Bonchev–Trinajstić information content (AvgIpc) is 2.44. The summed E-state index contributed by atoms with van der Waals surface area (Å²) in [6.07, 6.45) is 2.18. The fourth-order valence-corrected chi connectivity index (χ4v) is 1.39. The number of hydrogen-bond acceptors (Lipinski definition) is 6. The maximum Gasteiger partial charge on any atom is 0.307 e. The summed E-state index contributed by atoms with van der Waals surface area (Å²) in [6.45, 7) is 0. The van der Waals surface area contributed by atoms with Crippen LogP contribution in [0.5, 0.6) is 5.88 Å². The van der Waals surface area contributed by atoms with Gasteiger partial charge in [-0.25, -0.2) is 5.48 Å². The Labute approximate surface area is 92.2 Å². The Morgan fingerprint density at radius 3 is 2.69 bits per heavy atom. The maximum absolute atomic E-state index is 11.4. The van der Waals surface area contributed by atoms with Crippen LogP contribution >= 0.6 is 0 Å². The molecule has 1 rings (SSSR count). The molecule has 0 unspecified atom stereocenters. The van der Waals surface area contributed by atoms with E-state index < -0.39 is 16.0 Å². The van der Waals surface area contributed by atoms with E-state index in [-0.39, 0.29) is 11.4 Å². The third kappa shape index (κ3) is 3.21. The van der Waals surface area contributed by atoms with E-state index in [0.717, 1.165) is 6.26 Å². The van der Waals surface area contributed by atoms with E-state index in [1.165, 1.54) is 25.0 Å². The summed E-state index contributed by atoms with van der Waals surface area (Å²) in [4.78, 5) is 15.8. The number of aryl methyl sites for hydroxylation is 1. The van der Waals surface area contributed by atoms with Gasteiger partial charge in [-0.2, -0.15) is 8.42 Å². The maximum atomic E-state index is 11.4. The fraction of sp³-hybridized carbons (Fsp3) is 0.429. The highest BCUT2D eigenvalue weighted by Gasteiger charge is 2.20. The second-order valence-electron chi connectivity index (χ2n) is 2.94. The number of aromatic nitrogens is 2. The van der Waals surface area contributed by atoms with E-state index >= 15 is 0 Å². The van der Waals surface area contributed by atoms with Gasteiger partial charge < -0.3 is 4.18 Å². The SMILES string of the molecule is CONC(=O)c1cn(C)nc1OS(C)(=O)=O. The lowest BCUT2D eigenvalue weighted by molar-refractivity contribution is 0.0536. The summed E-state index contributed by atoms with van der Waals surface area (Å²) in [5, 5.41) is 3.70. The second kappa shape index (κ2) is 4.49. The molecule has 1 amide bonds. The number of carbonyl (C=O) groups excluding carboxylic acids is 1. The molecule has 8 nitrogen and oxygen atoms in total. The molecule has 1 aromatic heterocycles. The lowest BCUT2D eigenvalue weighted by atomic mass is 10.3. The van der Waals surface area contributed by atoms with Crippen molar-refractivity contribution in [2.75, 3.05) is 13.4 Å². The minimum absolute atomic E-state index is 0.0326. The first-order valence-corrected chi connectivity index (χ1v) is 5.91. The van der Waals surface area contributed by atoms with E-state index in [4.69, 9.17) is 0 Å². The molecule has 16 heavy (non-hydrogen) atoms. The van der Waals surface area contributed by atoms with Crippen molar-refractivity contribution in [2.24, 2.45) is 7.05 Å². The summed E-state index contributed by atoms with van der Waals surface area (Å²) in [5.41, 5.74) is 2.00. The molecule has 0 aliphatic rings. The number of rotatable bonds is 4. The Bertz CT molecular complexity index is 492. The molecule has 0 bridgehead atoms. The van der Waals surface area contributed by atoms with Gasteiger partial charge in [0.2, 0.25) is 0 Å². The third-order valence-corrected chi connectivity index (χ3v) is 1.93. The van der Waals surface area contributed by atoms with Gasteiger partial charge in [-0.15, -0.1) is 5.10 Å². The van der Waals surface area contributed by atoms with Crippen LogP contribution in [0.15, 0.2) is 6.20 Å². The number of amides is 1. The van der Waals surface area contributed by atoms with Crippen LogP contribution < -0.4 is 9.66 Å². The van der Waals surface area contributed by atoms with Gasteiger partial charge in [-0.05, 0) is 0 Å². The Kier molecular flexibility index (Phi) is 3.50. The van der Waals surface area contributed by atoms with Gasteiger partial charge in [0.15, 0.2) is 0 Å². The third-order valence-electron chi connectivity index (χ3n) is 1.46. The lowest BCUT2D eigenvalue weighted by Crippen LogP contribution is -2.22. The van der Waals surface area contributed by atoms with E-state index in [0.29, 0.717) is 0 Å². The van der Waals surface area contributed by atoms with Gasteiger partial charge in [0.05, 0.1) is 13.4 Å². The summed E-state index contributed by atoms with van der Waals surface area (Å²) < 4.78 is 27.6. The van der Waals surface area contributed by atoms with Crippen molar-refractivity contribution in [3.05, 3.63) is 11.8 Å². The minimum atomic E-state index is -3.73. The van der Waals surface area contributed by atoms with Crippen molar-refractivity contribution in [3.8, 4) is 5.88 Å². The van der Waals surface area contributed by atoms with Crippen molar-refractivity contribution in [1.82, 2.24) is 15.3 Å². The van der Waals surface area contributed by atoms with E-state index in [1.54, 1.807) is 0 Å². The molecule has 90 valence electrons. The molecule has 0 aromatic carbocycles. The Balaban J connectivity index is 3.05. The predicted octanol–water partition coefficient (Wildman–Crippen LogP) is -0.950. The van der Waals surface area contributed by atoms with Crippen molar-refractivity contribution in [2.45, 2.75) is 0 Å². The largest absolute Gasteiger partial charge is 0.359 e. The summed E-state index contributed by atoms with van der Waals surface area (Å²) in [6, 6.07) is 0. The summed E-state index contributed by atoms with van der Waals surface area (Å²) >= 11 is 0. The Hall–Kier alpha value is -1.61. The number of nitrogens with zero attached hydrogens (tertiary/aromatic N) is 2. The van der Waals surface area contributed by atoms with Crippen LogP contribution in [-0.4, -0.2) is 37.5 Å². The summed E-state index contributed by atoms with van der Waals surface area (Å²) in [7, 11) is -0.950. The molecule has 0 atom stereocenters. The first-order valence-electron chi connectivity index (χ1n) is 4.10. The molecular weight excluding hydrogens is 238 g/mol. The van der Waals surface area contributed by atoms with Gasteiger partial charge in [0, 0.05) is 13.2 Å². The highest BCUT2D eigenvalue weighted by atomic mass is 32.2. The highest BCUT2D eigenvalue weighted by molar-refractivity contribution is 7.86. The molecule has 0 saturated heterocycles. The zero-order valence-electron chi connectivity index (χ0n) is 8.92. The number of carbonyl (C=O) groups is 1. The van der Waals surface area contributed by atoms with Crippen molar-refractivity contribution >= 4 is 16.0 Å². The number of hydrogen-bond donors (Lipinski definition) is 1. The highest BCUT2D eigenvalue weighted by Crippen LogP contribution is 2.16. The molecule has 1 aromatic rings. The summed E-state index contributed by atoms with van der Waals surface area (Å²) in [5.74, 6) is -0.936. The Morgan fingerprint density at radius 2 is 2.19 bits per heavy atom. The molecular formula is C7H11N3O5S. The molecule has 0 saturated carbocycles. The first-order chi connectivity index (χ1) is 7.33. The monoisotopic (exact) mass is 249 g/mol. The van der Waals surface area contributed by atoms with E-state index in [1.807, 2.05) is 5.48 Å². The quantitative estimate of drug-likeness (QED) is 0.545. The first kappa shape index (κ1) is 12.5. The Morgan fingerprint density at radius 1 is 1.56 bits per heavy atom. The van der Waals surface area contributed by atoms with Gasteiger partial charge in [-0.1, -0.05) is 0 Å². The van der Waals surface area contributed by atoms with Gasteiger partial charge in [-0.3, -0.25) is 14.3 Å². The topological polar surface area (TPSA) is 99.5 Å². The van der Waals surface area contributed by atoms with Crippen LogP contribution in [0.3, 0.4) is 0 Å². The second-order valence-corrected chi connectivity index (χ2v) is 4.52. The zero-order chi connectivity index (χ0) is 12.3. The van der Waals surface area contributed by atoms with E-state index in [2.05, 4.69) is 14.1 Å². The predicted molar refractivity (Wildman–Crippen MR) is 53.2 cm³/mol. The minimum Gasteiger partial charge on any atom is -0.359 e. The van der Waals surface area contributed by atoms with Crippen LogP contribution in [0.2, 0.25) is 0 Å². The molecule has 9 heteroatoms. The normalized spacial score (nSPS) is 11.2. The van der Waals surface area contributed by atoms with E-state index in [9.17, 15) is 13.2 Å². The van der Waals surface area contributed by atoms with Gasteiger partial charge in [0.25, 0.3) is 11.8 Å². The smallest absolute Gasteiger partial charge is 0.307 e. The molecule has 0 spiro atoms. The van der Waals surface area contributed by atoms with Crippen LogP contribution in [0.4, 0.5) is 0 Å². The molecule has 1 N–H and O–H groups in total. The fourth-order valence-electron chi connectivity index (χ4n) is 0.976. The van der Waals surface area contributed by atoms with Crippen molar-refractivity contribution in [3.63, 3.8) is 0 Å². The van der Waals surface area contributed by atoms with Gasteiger partial charge >= 0.3 is 10.1 Å². The van der Waals surface area contributed by atoms with Crippen LogP contribution in [0.1, 0.15) is 10.4 Å². The van der Waals surface area contributed by atoms with Crippen molar-refractivity contribution < 1.29 is 22.2 Å². The van der Waals surface area contributed by atoms with Crippen LogP contribution in [0, 0.1) is 0 Å². The molecule has 1 heterocycles. The zero-order valence-corrected chi connectivity index (χ0v) is 9.74.